The van der Waals surface area contributed by atoms with E-state index in [1.807, 2.05) is 0 Å². The van der Waals surface area contributed by atoms with Crippen molar-refractivity contribution in [2.75, 3.05) is 19.7 Å². The molecular weight excluding hydrogens is 150 g/mol. The van der Waals surface area contributed by atoms with Crippen molar-refractivity contribution in [1.29, 1.82) is 0 Å². The normalized spacial score (nSPS) is 45.7. The van der Waals surface area contributed by atoms with Crippen molar-refractivity contribution in [3.8, 4) is 12.3 Å². The second-order valence-electron chi connectivity index (χ2n) is 4.05. The summed E-state index contributed by atoms with van der Waals surface area (Å²) in [5, 5.41) is 9.10. The summed E-state index contributed by atoms with van der Waals surface area (Å²) in [4.78, 5) is 1.53. The van der Waals surface area contributed by atoms with Gasteiger partial charge < -0.3 is 10.0 Å². The van der Waals surface area contributed by atoms with Crippen LogP contribution in [0.15, 0.2) is 0 Å². The largest absolute Gasteiger partial charge is 0.390 e. The molecule has 0 radical (unpaired) electrons. The van der Waals surface area contributed by atoms with Gasteiger partial charge in [-0.1, -0.05) is 5.92 Å². The van der Waals surface area contributed by atoms with Crippen LogP contribution in [-0.2, 0) is 0 Å². The molecule has 0 spiro atoms. The molecule has 66 valence electrons. The zero-order chi connectivity index (χ0) is 8.55. The highest BCUT2D eigenvalue weighted by Crippen LogP contribution is 2.25. The van der Waals surface area contributed by atoms with Crippen molar-refractivity contribution in [2.24, 2.45) is 11.8 Å². The highest BCUT2D eigenvalue weighted by molar-refractivity contribution is 4.99. The van der Waals surface area contributed by atoms with Gasteiger partial charge in [0.25, 0.3) is 0 Å². The lowest BCUT2D eigenvalue weighted by atomic mass is 9.76. The molecule has 0 aliphatic carbocycles. The van der Waals surface area contributed by atoms with Crippen LogP contribution in [-0.4, -0.2) is 30.8 Å². The van der Waals surface area contributed by atoms with Gasteiger partial charge in [0.15, 0.2) is 0 Å². The Hall–Kier alpha value is -0.520. The number of rotatable bonds is 1. The minimum absolute atomic E-state index is 0.336. The van der Waals surface area contributed by atoms with E-state index in [4.69, 9.17) is 11.5 Å². The van der Waals surface area contributed by atoms with Gasteiger partial charge in [-0.3, -0.25) is 0 Å². The van der Waals surface area contributed by atoms with E-state index in [0.29, 0.717) is 24.5 Å². The molecule has 4 atom stereocenters. The zero-order valence-electron chi connectivity index (χ0n) is 7.29. The molecule has 3 aliphatic heterocycles. The van der Waals surface area contributed by atoms with Gasteiger partial charge in [-0.15, -0.1) is 6.42 Å². The number of terminal acetylenes is 1. The van der Waals surface area contributed by atoms with E-state index in [1.165, 1.54) is 17.9 Å². The fourth-order valence-electron chi connectivity index (χ4n) is 2.71. The van der Waals surface area contributed by atoms with Gasteiger partial charge in [-0.05, 0) is 5.92 Å². The number of piperidine rings is 3. The summed E-state index contributed by atoms with van der Waals surface area (Å²) in [5.74, 6) is 4.06. The van der Waals surface area contributed by atoms with Crippen LogP contribution in [0.5, 0.6) is 0 Å². The van der Waals surface area contributed by atoms with E-state index in [1.54, 1.807) is 0 Å². The average molecular weight is 166 g/mol. The molecule has 0 saturated carbocycles. The molecule has 3 heterocycles. The number of hydrogen-bond donors (Lipinski definition) is 2. The van der Waals surface area contributed by atoms with Crippen molar-refractivity contribution >= 4 is 0 Å². The molecule has 0 aromatic rings. The third-order valence-electron chi connectivity index (χ3n) is 3.49. The van der Waals surface area contributed by atoms with E-state index in [9.17, 15) is 0 Å². The monoisotopic (exact) mass is 166 g/mol. The number of fused-ring (bicyclic) bond motifs is 3. The van der Waals surface area contributed by atoms with E-state index < -0.39 is 0 Å². The molecule has 3 aliphatic rings. The summed E-state index contributed by atoms with van der Waals surface area (Å²) in [6.45, 7) is 2.64. The van der Waals surface area contributed by atoms with Crippen LogP contribution in [0.2, 0.25) is 0 Å². The maximum Gasteiger partial charge on any atom is 0.111 e. The first kappa shape index (κ1) is 8.10. The smallest absolute Gasteiger partial charge is 0.111 e. The van der Waals surface area contributed by atoms with Crippen molar-refractivity contribution < 1.29 is 10.0 Å². The minimum Gasteiger partial charge on any atom is -0.390 e. The highest BCUT2D eigenvalue weighted by Gasteiger charge is 2.42. The molecule has 3 fully saturated rings. The number of nitrogens with one attached hydrogen (secondary N) is 1. The first-order chi connectivity index (χ1) is 5.85. The molecular formula is C10H16NO+. The van der Waals surface area contributed by atoms with Crippen LogP contribution in [0.4, 0.5) is 0 Å². The van der Waals surface area contributed by atoms with Gasteiger partial charge in [0, 0.05) is 12.8 Å². The van der Waals surface area contributed by atoms with E-state index in [-0.39, 0.29) is 0 Å². The van der Waals surface area contributed by atoms with Crippen LogP contribution in [0, 0.1) is 24.2 Å². The molecule has 2 N–H and O–H groups in total. The van der Waals surface area contributed by atoms with Crippen LogP contribution in [0.25, 0.3) is 0 Å². The number of aliphatic hydroxyl groups is 1. The summed E-state index contributed by atoms with van der Waals surface area (Å²) in [5.41, 5.74) is 0. The maximum absolute atomic E-state index is 9.10. The third kappa shape index (κ3) is 1.14. The fraction of sp³-hybridized carbons (Fsp3) is 0.800. The Bertz CT molecular complexity index is 208. The predicted molar refractivity (Wildman–Crippen MR) is 46.6 cm³/mol. The van der Waals surface area contributed by atoms with Gasteiger partial charge in [-0.25, -0.2) is 0 Å². The SMILES string of the molecule is C#C[C@H]1C[NH+]2CC[C@@H]1C[C@@H]2CO. The molecule has 0 aromatic heterocycles. The van der Waals surface area contributed by atoms with Crippen LogP contribution < -0.4 is 4.90 Å². The lowest BCUT2D eigenvalue weighted by Gasteiger charge is -2.44. The number of hydrogen-bond acceptors (Lipinski definition) is 1. The topological polar surface area (TPSA) is 24.7 Å². The Kier molecular flexibility index (Phi) is 2.08. The highest BCUT2D eigenvalue weighted by atomic mass is 16.3. The van der Waals surface area contributed by atoms with E-state index in [0.717, 1.165) is 13.0 Å². The number of quaternary nitrogens is 1. The van der Waals surface area contributed by atoms with Gasteiger partial charge in [0.05, 0.1) is 25.6 Å². The van der Waals surface area contributed by atoms with Crippen molar-refractivity contribution in [1.82, 2.24) is 0 Å². The molecule has 2 bridgehead atoms. The molecule has 12 heavy (non-hydrogen) atoms. The van der Waals surface area contributed by atoms with Gasteiger partial charge in [-0.2, -0.15) is 0 Å². The molecule has 2 heteroatoms. The Morgan fingerprint density at radius 1 is 1.58 bits per heavy atom. The summed E-state index contributed by atoms with van der Waals surface area (Å²) in [7, 11) is 0. The molecule has 0 aromatic carbocycles. The lowest BCUT2D eigenvalue weighted by molar-refractivity contribution is -0.945. The summed E-state index contributed by atoms with van der Waals surface area (Å²) >= 11 is 0. The Morgan fingerprint density at radius 3 is 2.92 bits per heavy atom. The first-order valence-electron chi connectivity index (χ1n) is 4.76. The van der Waals surface area contributed by atoms with Crippen LogP contribution in [0.3, 0.4) is 0 Å². The quantitative estimate of drug-likeness (QED) is 0.475. The maximum atomic E-state index is 9.10. The second-order valence-corrected chi connectivity index (χ2v) is 4.05. The van der Waals surface area contributed by atoms with Crippen LogP contribution >= 0.6 is 0 Å². The Labute approximate surface area is 73.6 Å². The molecule has 2 nitrogen and oxygen atoms in total. The average Bonchev–Trinajstić information content (AvgIpc) is 2.18. The summed E-state index contributed by atoms with van der Waals surface area (Å²) in [6.07, 6.45) is 7.86. The van der Waals surface area contributed by atoms with Gasteiger partial charge in [0.2, 0.25) is 0 Å². The second kappa shape index (κ2) is 3.08. The molecule has 1 unspecified atom stereocenters. The van der Waals surface area contributed by atoms with E-state index >= 15 is 0 Å². The standard InChI is InChI=1S/C10H15NO/c1-2-8-6-11-4-3-9(8)5-10(11)7-12/h1,8-10,12H,3-7H2/p+1/t8-,9+,10+/m0/s1. The molecule has 0 amide bonds. The van der Waals surface area contributed by atoms with E-state index in [2.05, 4.69) is 5.92 Å². The van der Waals surface area contributed by atoms with Crippen molar-refractivity contribution in [3.63, 3.8) is 0 Å². The number of aliphatic hydroxyl groups excluding tert-OH is 1. The van der Waals surface area contributed by atoms with Crippen LogP contribution in [0.1, 0.15) is 12.8 Å². The predicted octanol–water partition coefficient (Wildman–Crippen LogP) is -1.09. The fourth-order valence-corrected chi connectivity index (χ4v) is 2.71. The summed E-state index contributed by atoms with van der Waals surface area (Å²) in [6, 6.07) is 0.480. The lowest BCUT2D eigenvalue weighted by Crippen LogP contribution is -3.20. The van der Waals surface area contributed by atoms with Gasteiger partial charge in [0.1, 0.15) is 6.04 Å². The third-order valence-corrected chi connectivity index (χ3v) is 3.49. The molecule has 3 saturated heterocycles. The Morgan fingerprint density at radius 2 is 2.42 bits per heavy atom. The van der Waals surface area contributed by atoms with Crippen molar-refractivity contribution in [3.05, 3.63) is 0 Å². The minimum atomic E-state index is 0.336. The summed E-state index contributed by atoms with van der Waals surface area (Å²) < 4.78 is 0. The van der Waals surface area contributed by atoms with Gasteiger partial charge >= 0.3 is 0 Å². The Balaban J connectivity index is 2.07. The first-order valence-corrected chi connectivity index (χ1v) is 4.76. The zero-order valence-corrected chi connectivity index (χ0v) is 7.29. The van der Waals surface area contributed by atoms with Crippen molar-refractivity contribution in [2.45, 2.75) is 18.9 Å². The molecule has 3 rings (SSSR count).